The van der Waals surface area contributed by atoms with E-state index in [1.807, 2.05) is 24.3 Å². The van der Waals surface area contributed by atoms with Gasteiger partial charge in [0.25, 0.3) is 0 Å². The number of benzene rings is 1. The summed E-state index contributed by atoms with van der Waals surface area (Å²) in [7, 11) is 0. The van der Waals surface area contributed by atoms with Gasteiger partial charge in [-0.2, -0.15) is 0 Å². The van der Waals surface area contributed by atoms with Crippen LogP contribution in [0.25, 0.3) is 0 Å². The molecule has 1 atom stereocenters. The molecule has 1 spiro atoms. The molecule has 2 aliphatic carbocycles. The van der Waals surface area contributed by atoms with E-state index in [-0.39, 0.29) is 43.3 Å². The summed E-state index contributed by atoms with van der Waals surface area (Å²) in [6, 6.07) is 7.72. The van der Waals surface area contributed by atoms with Crippen molar-refractivity contribution in [3.05, 3.63) is 41.5 Å². The summed E-state index contributed by atoms with van der Waals surface area (Å²) in [5.41, 5.74) is 2.92. The molecule has 1 aromatic carbocycles. The second kappa shape index (κ2) is 10.4. The Morgan fingerprint density at radius 3 is 2.59 bits per heavy atom. The summed E-state index contributed by atoms with van der Waals surface area (Å²) in [6.45, 7) is 2.40. The fourth-order valence-electron chi connectivity index (χ4n) is 4.46. The molecule has 0 bridgehead atoms. The van der Waals surface area contributed by atoms with Crippen LogP contribution in [0.1, 0.15) is 71.2 Å². The van der Waals surface area contributed by atoms with Gasteiger partial charge in [-0.05, 0) is 67.7 Å². The van der Waals surface area contributed by atoms with Gasteiger partial charge in [0.2, 0.25) is 0 Å². The Kier molecular flexibility index (Phi) is 8.48. The second-order valence-corrected chi connectivity index (χ2v) is 7.69. The molecule has 1 fully saturated rings. The first-order valence-corrected chi connectivity index (χ1v) is 9.65. The van der Waals surface area contributed by atoms with E-state index in [0.717, 1.165) is 11.3 Å². The number of rotatable bonds is 6. The van der Waals surface area contributed by atoms with Crippen LogP contribution in [0.4, 0.5) is 0 Å². The van der Waals surface area contributed by atoms with Crippen LogP contribution in [0.3, 0.4) is 0 Å². The Morgan fingerprint density at radius 1 is 1.26 bits per heavy atom. The number of carbonyl (C=O) groups is 1. The summed E-state index contributed by atoms with van der Waals surface area (Å²) in [6.07, 6.45) is 11.6. The third-order valence-electron chi connectivity index (χ3n) is 5.78. The van der Waals surface area contributed by atoms with Crippen LogP contribution in [0.15, 0.2) is 35.9 Å². The van der Waals surface area contributed by atoms with Crippen molar-refractivity contribution in [1.82, 2.24) is 0 Å². The Labute approximate surface area is 186 Å². The molecule has 2 aliphatic rings. The molecule has 0 aliphatic heterocycles. The van der Waals surface area contributed by atoms with Crippen molar-refractivity contribution in [2.45, 2.75) is 64.2 Å². The first-order valence-electron chi connectivity index (χ1n) is 9.65. The maximum absolute atomic E-state index is 11.0. The summed E-state index contributed by atoms with van der Waals surface area (Å²) in [5.74, 6) is 5.54. The first kappa shape index (κ1) is 22.1. The largest absolute Gasteiger partial charge is 1.00 e. The average Bonchev–Trinajstić information content (AvgIpc) is 3.07. The summed E-state index contributed by atoms with van der Waals surface area (Å²) in [5, 5.41) is 9.04. The molecule has 0 amide bonds. The monoisotopic (exact) mass is 376 g/mol. The SMILES string of the molecule is CC#C[C@@H](CC(=O)O)c1ccc(OCC2=CCCC3(CCCC3)C2)cc1.[H-].[Na+]. The molecule has 3 nitrogen and oxygen atoms in total. The van der Waals surface area contributed by atoms with E-state index >= 15 is 0 Å². The van der Waals surface area contributed by atoms with Gasteiger partial charge in [-0.3, -0.25) is 4.79 Å². The molecule has 1 N–H and O–H groups in total. The number of allylic oxidation sites excluding steroid dienone is 1. The van der Waals surface area contributed by atoms with E-state index < -0.39 is 5.97 Å². The number of hydrogen-bond donors (Lipinski definition) is 1. The van der Waals surface area contributed by atoms with Crippen molar-refractivity contribution >= 4 is 5.97 Å². The van der Waals surface area contributed by atoms with E-state index in [2.05, 4.69) is 17.9 Å². The van der Waals surface area contributed by atoms with Gasteiger partial charge in [0.15, 0.2) is 0 Å². The Balaban J connectivity index is 0.00000196. The van der Waals surface area contributed by atoms with Crippen LogP contribution in [-0.2, 0) is 4.79 Å². The third kappa shape index (κ3) is 6.14. The van der Waals surface area contributed by atoms with E-state index in [1.54, 1.807) is 6.92 Å². The molecule has 1 aromatic rings. The molecule has 27 heavy (non-hydrogen) atoms. The number of aliphatic carboxylic acids is 1. The van der Waals surface area contributed by atoms with Gasteiger partial charge in [-0.25, -0.2) is 0 Å². The molecule has 0 heterocycles. The van der Waals surface area contributed by atoms with Crippen LogP contribution in [0.2, 0.25) is 0 Å². The second-order valence-electron chi connectivity index (χ2n) is 7.69. The zero-order valence-corrected chi connectivity index (χ0v) is 18.6. The molecular formula is C23H29NaO3. The van der Waals surface area contributed by atoms with Crippen molar-refractivity contribution in [2.24, 2.45) is 5.41 Å². The molecule has 3 rings (SSSR count). The fraction of sp³-hybridized carbons (Fsp3) is 0.522. The molecule has 0 saturated heterocycles. The van der Waals surface area contributed by atoms with Crippen LogP contribution in [0, 0.1) is 17.3 Å². The third-order valence-corrected chi connectivity index (χ3v) is 5.78. The molecule has 0 aromatic heterocycles. The van der Waals surface area contributed by atoms with Crippen LogP contribution in [-0.4, -0.2) is 17.7 Å². The van der Waals surface area contributed by atoms with Crippen molar-refractivity contribution in [2.75, 3.05) is 6.61 Å². The number of carboxylic acids is 1. The molecule has 140 valence electrons. The van der Waals surface area contributed by atoms with Crippen LogP contribution in [0.5, 0.6) is 5.75 Å². The maximum Gasteiger partial charge on any atom is 1.00 e. The number of hydrogen-bond acceptors (Lipinski definition) is 2. The quantitative estimate of drug-likeness (QED) is 0.471. The molecular weight excluding hydrogens is 347 g/mol. The Hall–Kier alpha value is -1.21. The standard InChI is InChI=1S/C23H28O3.Na.H/c1-2-6-20(15-22(24)25)19-8-10-21(11-9-19)26-17-18-7-5-14-23(16-18)12-3-4-13-23;;/h7-11,20H,3-5,12-17H2,1H3,(H,24,25);;/q;+1;-1/t20-;;/m0../s1. The van der Waals surface area contributed by atoms with Crippen molar-refractivity contribution in [3.63, 3.8) is 0 Å². The minimum absolute atomic E-state index is 0. The van der Waals surface area contributed by atoms with Gasteiger partial charge in [0.1, 0.15) is 12.4 Å². The van der Waals surface area contributed by atoms with E-state index in [1.165, 1.54) is 50.5 Å². The van der Waals surface area contributed by atoms with E-state index in [0.29, 0.717) is 12.0 Å². The minimum Gasteiger partial charge on any atom is -1.00 e. The van der Waals surface area contributed by atoms with Gasteiger partial charge < -0.3 is 11.3 Å². The molecule has 0 radical (unpaired) electrons. The van der Waals surface area contributed by atoms with Crippen molar-refractivity contribution in [1.29, 1.82) is 0 Å². The van der Waals surface area contributed by atoms with Crippen LogP contribution < -0.4 is 34.3 Å². The topological polar surface area (TPSA) is 46.5 Å². The van der Waals surface area contributed by atoms with Gasteiger partial charge in [0.05, 0.1) is 12.3 Å². The normalized spacial score (nSPS) is 18.6. The van der Waals surface area contributed by atoms with E-state index in [9.17, 15) is 4.79 Å². The van der Waals surface area contributed by atoms with Gasteiger partial charge >= 0.3 is 35.5 Å². The first-order chi connectivity index (χ1) is 12.6. The van der Waals surface area contributed by atoms with E-state index in [4.69, 9.17) is 9.84 Å². The Bertz CT molecular complexity index is 724. The summed E-state index contributed by atoms with van der Waals surface area (Å²) >= 11 is 0. The van der Waals surface area contributed by atoms with Gasteiger partial charge in [0, 0.05) is 0 Å². The molecule has 1 saturated carbocycles. The minimum atomic E-state index is -0.830. The molecule has 4 heteroatoms. The van der Waals surface area contributed by atoms with Gasteiger partial charge in [-0.1, -0.05) is 37.0 Å². The zero-order valence-electron chi connectivity index (χ0n) is 17.6. The predicted octanol–water partition coefficient (Wildman–Crippen LogP) is 2.43. The average molecular weight is 376 g/mol. The number of carboxylic acid groups (broad SMARTS) is 1. The van der Waals surface area contributed by atoms with Crippen molar-refractivity contribution in [3.8, 4) is 17.6 Å². The Morgan fingerprint density at radius 2 is 1.96 bits per heavy atom. The summed E-state index contributed by atoms with van der Waals surface area (Å²) < 4.78 is 6.00. The van der Waals surface area contributed by atoms with Crippen LogP contribution >= 0.6 is 0 Å². The maximum atomic E-state index is 11.0. The predicted molar refractivity (Wildman–Crippen MR) is 104 cm³/mol. The summed E-state index contributed by atoms with van der Waals surface area (Å²) in [4.78, 5) is 11.0. The molecule has 0 unspecified atom stereocenters. The van der Waals surface area contributed by atoms with Gasteiger partial charge in [-0.15, -0.1) is 5.92 Å². The van der Waals surface area contributed by atoms with Crippen molar-refractivity contribution < 1.29 is 45.6 Å². The smallest absolute Gasteiger partial charge is 1.00 e. The fourth-order valence-corrected chi connectivity index (χ4v) is 4.46. The zero-order chi connectivity index (χ0) is 18.4. The number of ether oxygens (including phenoxy) is 1.